The number of piperidine rings is 1. The van der Waals surface area contributed by atoms with Crippen LogP contribution in [0.5, 0.6) is 0 Å². The van der Waals surface area contributed by atoms with Gasteiger partial charge in [-0.2, -0.15) is 0 Å². The molecule has 0 aromatic rings. The van der Waals surface area contributed by atoms with E-state index < -0.39 is 11.5 Å². The van der Waals surface area contributed by atoms with Crippen molar-refractivity contribution in [1.82, 2.24) is 10.2 Å². The second kappa shape index (κ2) is 6.02. The molecule has 0 radical (unpaired) electrons. The predicted octanol–water partition coefficient (Wildman–Crippen LogP) is 2.48. The summed E-state index contributed by atoms with van der Waals surface area (Å²) in [6, 6.07) is 0.440. The molecule has 0 bridgehead atoms. The first-order valence-electron chi connectivity index (χ1n) is 8.11. The minimum absolute atomic E-state index is 0.440. The van der Waals surface area contributed by atoms with Gasteiger partial charge in [0.15, 0.2) is 0 Å². The zero-order valence-electron chi connectivity index (χ0n) is 13.2. The van der Waals surface area contributed by atoms with Crippen LogP contribution in [0.3, 0.4) is 0 Å². The smallest absolute Gasteiger partial charge is 0.323 e. The molecule has 20 heavy (non-hydrogen) atoms. The van der Waals surface area contributed by atoms with E-state index in [9.17, 15) is 9.90 Å². The maximum Gasteiger partial charge on any atom is 0.323 e. The fourth-order valence-corrected chi connectivity index (χ4v) is 3.82. The number of likely N-dealkylation sites (N-methyl/N-ethyl adjacent to an activating group) is 1. The van der Waals surface area contributed by atoms with Gasteiger partial charge in [0.1, 0.15) is 5.54 Å². The van der Waals surface area contributed by atoms with E-state index in [4.69, 9.17) is 0 Å². The van der Waals surface area contributed by atoms with Gasteiger partial charge in [0, 0.05) is 6.04 Å². The van der Waals surface area contributed by atoms with Gasteiger partial charge in [-0.25, -0.2) is 0 Å². The van der Waals surface area contributed by atoms with Gasteiger partial charge in [0.2, 0.25) is 0 Å². The number of hydrogen-bond acceptors (Lipinski definition) is 3. The Morgan fingerprint density at radius 3 is 2.50 bits per heavy atom. The standard InChI is InChI=1S/C16H30N2O2/c1-4-17-16(14(19)20)7-5-6-13(12-16)18-10-8-15(2,3)9-11-18/h13,17H,4-12H2,1-3H3,(H,19,20). The molecule has 2 N–H and O–H groups in total. The molecule has 0 amide bonds. The van der Waals surface area contributed by atoms with E-state index >= 15 is 0 Å². The lowest BCUT2D eigenvalue weighted by molar-refractivity contribution is -0.147. The molecule has 1 saturated carbocycles. The Hall–Kier alpha value is -0.610. The highest BCUT2D eigenvalue weighted by molar-refractivity contribution is 5.79. The van der Waals surface area contributed by atoms with Gasteiger partial charge in [0.25, 0.3) is 0 Å². The number of aliphatic carboxylic acids is 1. The lowest BCUT2D eigenvalue weighted by atomic mass is 9.76. The first-order valence-corrected chi connectivity index (χ1v) is 8.11. The van der Waals surface area contributed by atoms with Crippen molar-refractivity contribution >= 4 is 5.97 Å². The van der Waals surface area contributed by atoms with Crippen LogP contribution in [-0.2, 0) is 4.79 Å². The first kappa shape index (κ1) is 15.8. The lowest BCUT2D eigenvalue weighted by Crippen LogP contribution is -2.59. The highest BCUT2D eigenvalue weighted by Gasteiger charge is 2.44. The Labute approximate surface area is 122 Å². The molecule has 1 aliphatic heterocycles. The molecule has 2 atom stereocenters. The third-order valence-corrected chi connectivity index (χ3v) is 5.32. The molecule has 0 aromatic carbocycles. The van der Waals surface area contributed by atoms with E-state index in [0.717, 1.165) is 45.3 Å². The van der Waals surface area contributed by atoms with Crippen molar-refractivity contribution in [1.29, 1.82) is 0 Å². The highest BCUT2D eigenvalue weighted by Crippen LogP contribution is 2.36. The summed E-state index contributed by atoms with van der Waals surface area (Å²) in [5.74, 6) is -0.665. The summed E-state index contributed by atoms with van der Waals surface area (Å²) in [4.78, 5) is 14.3. The van der Waals surface area contributed by atoms with Crippen LogP contribution in [0.1, 0.15) is 59.3 Å². The van der Waals surface area contributed by atoms with Crippen LogP contribution in [0.2, 0.25) is 0 Å². The molecule has 116 valence electrons. The van der Waals surface area contributed by atoms with E-state index in [2.05, 4.69) is 24.1 Å². The number of likely N-dealkylation sites (tertiary alicyclic amines) is 1. The molecule has 2 aliphatic rings. The van der Waals surface area contributed by atoms with Gasteiger partial charge < -0.3 is 15.3 Å². The molecule has 1 saturated heterocycles. The molecule has 4 nitrogen and oxygen atoms in total. The predicted molar refractivity (Wildman–Crippen MR) is 80.9 cm³/mol. The third kappa shape index (κ3) is 3.34. The lowest BCUT2D eigenvalue weighted by Gasteiger charge is -2.46. The SMILES string of the molecule is CCNC1(C(=O)O)CCCC(N2CCC(C)(C)CC2)C1. The van der Waals surface area contributed by atoms with Gasteiger partial charge in [-0.3, -0.25) is 4.79 Å². The maximum absolute atomic E-state index is 11.7. The summed E-state index contributed by atoms with van der Waals surface area (Å²) in [5, 5.41) is 12.9. The molecule has 2 rings (SSSR count). The highest BCUT2D eigenvalue weighted by atomic mass is 16.4. The molecule has 2 fully saturated rings. The number of carboxylic acids is 1. The van der Waals surface area contributed by atoms with E-state index in [-0.39, 0.29) is 0 Å². The van der Waals surface area contributed by atoms with Crippen LogP contribution in [-0.4, -0.2) is 47.2 Å². The molecule has 0 spiro atoms. The number of carboxylic acid groups (broad SMARTS) is 1. The van der Waals surface area contributed by atoms with Crippen LogP contribution in [0.25, 0.3) is 0 Å². The summed E-state index contributed by atoms with van der Waals surface area (Å²) >= 11 is 0. The number of rotatable bonds is 4. The van der Waals surface area contributed by atoms with Crippen molar-refractivity contribution < 1.29 is 9.90 Å². The summed E-state index contributed by atoms with van der Waals surface area (Å²) in [5.41, 5.74) is -0.235. The van der Waals surface area contributed by atoms with Crippen molar-refractivity contribution in [2.75, 3.05) is 19.6 Å². The second-order valence-electron chi connectivity index (χ2n) is 7.37. The van der Waals surface area contributed by atoms with E-state index in [1.165, 1.54) is 12.8 Å². The van der Waals surface area contributed by atoms with E-state index in [1.807, 2.05) is 6.92 Å². The molecular weight excluding hydrogens is 252 g/mol. The molecule has 2 unspecified atom stereocenters. The minimum Gasteiger partial charge on any atom is -0.480 e. The number of nitrogens with zero attached hydrogens (tertiary/aromatic N) is 1. The van der Waals surface area contributed by atoms with Gasteiger partial charge in [-0.1, -0.05) is 20.8 Å². The minimum atomic E-state index is -0.690. The number of hydrogen-bond donors (Lipinski definition) is 2. The molecule has 0 aromatic heterocycles. The van der Waals surface area contributed by atoms with Gasteiger partial charge in [-0.15, -0.1) is 0 Å². The average molecular weight is 282 g/mol. The normalized spacial score (nSPS) is 34.9. The summed E-state index contributed by atoms with van der Waals surface area (Å²) in [6.45, 7) is 9.65. The zero-order valence-corrected chi connectivity index (χ0v) is 13.2. The fraction of sp³-hybridized carbons (Fsp3) is 0.938. The number of carbonyl (C=O) groups is 1. The molecule has 1 heterocycles. The topological polar surface area (TPSA) is 52.6 Å². The average Bonchev–Trinajstić information content (AvgIpc) is 2.39. The second-order valence-corrected chi connectivity index (χ2v) is 7.37. The quantitative estimate of drug-likeness (QED) is 0.832. The Kier molecular flexibility index (Phi) is 4.75. The summed E-state index contributed by atoms with van der Waals surface area (Å²) < 4.78 is 0. The fourth-order valence-electron chi connectivity index (χ4n) is 3.82. The summed E-state index contributed by atoms with van der Waals surface area (Å²) in [7, 11) is 0. The van der Waals surface area contributed by atoms with E-state index in [1.54, 1.807) is 0 Å². The van der Waals surface area contributed by atoms with Crippen LogP contribution >= 0.6 is 0 Å². The summed E-state index contributed by atoms with van der Waals surface area (Å²) in [6.07, 6.45) is 6.16. The Morgan fingerprint density at radius 1 is 1.30 bits per heavy atom. The van der Waals surface area contributed by atoms with Crippen molar-refractivity contribution in [2.45, 2.75) is 70.9 Å². The molecule has 4 heteroatoms. The van der Waals surface area contributed by atoms with Crippen LogP contribution in [0.4, 0.5) is 0 Å². The Balaban J connectivity index is 2.01. The molecular formula is C16H30N2O2. The van der Waals surface area contributed by atoms with Crippen LogP contribution < -0.4 is 5.32 Å². The van der Waals surface area contributed by atoms with Crippen molar-refractivity contribution in [3.8, 4) is 0 Å². The number of nitrogens with one attached hydrogen (secondary N) is 1. The van der Waals surface area contributed by atoms with Gasteiger partial charge in [0.05, 0.1) is 0 Å². The maximum atomic E-state index is 11.7. The first-order chi connectivity index (χ1) is 9.38. The third-order valence-electron chi connectivity index (χ3n) is 5.32. The largest absolute Gasteiger partial charge is 0.480 e. The zero-order chi connectivity index (χ0) is 14.8. The molecule has 1 aliphatic carbocycles. The Morgan fingerprint density at radius 2 is 1.95 bits per heavy atom. The Bertz CT molecular complexity index is 342. The van der Waals surface area contributed by atoms with Crippen LogP contribution in [0, 0.1) is 5.41 Å². The van der Waals surface area contributed by atoms with Crippen LogP contribution in [0.15, 0.2) is 0 Å². The van der Waals surface area contributed by atoms with Crippen molar-refractivity contribution in [2.24, 2.45) is 5.41 Å². The van der Waals surface area contributed by atoms with Crippen molar-refractivity contribution in [3.63, 3.8) is 0 Å². The van der Waals surface area contributed by atoms with E-state index in [0.29, 0.717) is 11.5 Å². The monoisotopic (exact) mass is 282 g/mol. The van der Waals surface area contributed by atoms with Crippen molar-refractivity contribution in [3.05, 3.63) is 0 Å². The van der Waals surface area contributed by atoms with Gasteiger partial charge >= 0.3 is 5.97 Å². The van der Waals surface area contributed by atoms with Gasteiger partial charge in [-0.05, 0) is 63.6 Å².